The molecular formula is C27H27N3O3. The fraction of sp³-hybridized carbons (Fsp3) is 0.259. The first-order valence-electron chi connectivity index (χ1n) is 11.2. The van der Waals surface area contributed by atoms with E-state index in [-0.39, 0.29) is 11.9 Å². The number of nitrogens with zero attached hydrogens (tertiary/aromatic N) is 3. The number of rotatable bonds is 3. The summed E-state index contributed by atoms with van der Waals surface area (Å²) in [7, 11) is 1.64. The minimum atomic E-state index is 0.0683. The highest BCUT2D eigenvalue weighted by molar-refractivity contribution is 6.03. The molecule has 2 heterocycles. The van der Waals surface area contributed by atoms with Gasteiger partial charge in [-0.1, -0.05) is 36.4 Å². The molecule has 0 aromatic heterocycles. The summed E-state index contributed by atoms with van der Waals surface area (Å²) in [6.45, 7) is 4.18. The minimum Gasteiger partial charge on any atom is -0.497 e. The van der Waals surface area contributed by atoms with Gasteiger partial charge in [0.15, 0.2) is 5.75 Å². The predicted octanol–water partition coefficient (Wildman–Crippen LogP) is 4.65. The molecule has 3 aromatic carbocycles. The van der Waals surface area contributed by atoms with Crippen molar-refractivity contribution in [1.29, 1.82) is 0 Å². The molecule has 1 amide bonds. The predicted molar refractivity (Wildman–Crippen MR) is 129 cm³/mol. The van der Waals surface area contributed by atoms with Gasteiger partial charge in [-0.2, -0.15) is 0 Å². The van der Waals surface area contributed by atoms with Crippen molar-refractivity contribution in [1.82, 2.24) is 9.80 Å². The third kappa shape index (κ3) is 4.29. The summed E-state index contributed by atoms with van der Waals surface area (Å²) >= 11 is 0. The van der Waals surface area contributed by atoms with Crippen LogP contribution in [0.2, 0.25) is 0 Å². The van der Waals surface area contributed by atoms with Crippen molar-refractivity contribution >= 4 is 17.4 Å². The normalized spacial score (nSPS) is 17.3. The maximum Gasteiger partial charge on any atom is 0.227 e. The maximum absolute atomic E-state index is 13.1. The molecule has 0 radical (unpaired) electrons. The van der Waals surface area contributed by atoms with Crippen molar-refractivity contribution in [3.63, 3.8) is 0 Å². The number of carbonyl (C=O) groups is 1. The second kappa shape index (κ2) is 8.98. The number of hydrogen-bond acceptors (Lipinski definition) is 5. The van der Waals surface area contributed by atoms with Crippen molar-refractivity contribution in [2.75, 3.05) is 26.7 Å². The number of fused-ring (bicyclic) bond motifs is 2. The van der Waals surface area contributed by atoms with Crippen LogP contribution in [0.4, 0.5) is 5.69 Å². The van der Waals surface area contributed by atoms with Crippen LogP contribution >= 0.6 is 0 Å². The largest absolute Gasteiger partial charge is 0.497 e. The van der Waals surface area contributed by atoms with Crippen LogP contribution in [0.15, 0.2) is 77.8 Å². The fourth-order valence-corrected chi connectivity index (χ4v) is 4.45. The SMILES string of the molecule is COc1ccc(CC(=O)N2CCN(C3=Nc4ccccc4Oc4ccccc43)CC2C)cc1. The average molecular weight is 442 g/mol. The number of amides is 1. The van der Waals surface area contributed by atoms with Gasteiger partial charge in [0.2, 0.25) is 5.91 Å². The first kappa shape index (κ1) is 21.1. The van der Waals surface area contributed by atoms with E-state index in [9.17, 15) is 4.79 Å². The molecule has 33 heavy (non-hydrogen) atoms. The molecule has 2 aliphatic heterocycles. The molecule has 6 heteroatoms. The first-order valence-corrected chi connectivity index (χ1v) is 11.2. The van der Waals surface area contributed by atoms with Crippen LogP contribution in [0.3, 0.4) is 0 Å². The van der Waals surface area contributed by atoms with Crippen LogP contribution < -0.4 is 9.47 Å². The molecule has 1 fully saturated rings. The van der Waals surface area contributed by atoms with Crippen LogP contribution in [0, 0.1) is 0 Å². The lowest BCUT2D eigenvalue weighted by atomic mass is 10.1. The van der Waals surface area contributed by atoms with Gasteiger partial charge in [0.05, 0.1) is 19.1 Å². The second-order valence-corrected chi connectivity index (χ2v) is 8.41. The van der Waals surface area contributed by atoms with E-state index in [1.54, 1.807) is 7.11 Å². The van der Waals surface area contributed by atoms with Crippen LogP contribution in [0.5, 0.6) is 17.2 Å². The summed E-state index contributed by atoms with van der Waals surface area (Å²) < 4.78 is 11.4. The van der Waals surface area contributed by atoms with E-state index in [2.05, 4.69) is 11.8 Å². The number of amidine groups is 1. The number of piperazine rings is 1. The Morgan fingerprint density at radius 3 is 2.48 bits per heavy atom. The quantitative estimate of drug-likeness (QED) is 0.594. The summed E-state index contributed by atoms with van der Waals surface area (Å²) in [5.74, 6) is 3.38. The Hall–Kier alpha value is -3.80. The van der Waals surface area contributed by atoms with Gasteiger partial charge in [0.25, 0.3) is 0 Å². The highest BCUT2D eigenvalue weighted by atomic mass is 16.5. The van der Waals surface area contributed by atoms with Gasteiger partial charge in [-0.15, -0.1) is 0 Å². The van der Waals surface area contributed by atoms with Crippen molar-refractivity contribution in [2.45, 2.75) is 19.4 Å². The van der Waals surface area contributed by atoms with E-state index in [4.69, 9.17) is 14.5 Å². The number of benzene rings is 3. The number of carbonyl (C=O) groups excluding carboxylic acids is 1. The minimum absolute atomic E-state index is 0.0683. The highest BCUT2D eigenvalue weighted by Gasteiger charge is 2.31. The van der Waals surface area contributed by atoms with Gasteiger partial charge >= 0.3 is 0 Å². The number of hydrogen-bond donors (Lipinski definition) is 0. The lowest BCUT2D eigenvalue weighted by Crippen LogP contribution is -2.55. The zero-order valence-corrected chi connectivity index (χ0v) is 18.9. The Morgan fingerprint density at radius 1 is 1.00 bits per heavy atom. The molecule has 1 atom stereocenters. The van der Waals surface area contributed by atoms with E-state index in [1.165, 1.54) is 0 Å². The Bertz CT molecular complexity index is 1190. The number of ether oxygens (including phenoxy) is 2. The van der Waals surface area contributed by atoms with E-state index >= 15 is 0 Å². The summed E-state index contributed by atoms with van der Waals surface area (Å²) in [6, 6.07) is 23.6. The van der Waals surface area contributed by atoms with Crippen LogP contribution in [0.1, 0.15) is 18.1 Å². The molecule has 3 aromatic rings. The molecular weight excluding hydrogens is 414 g/mol. The summed E-state index contributed by atoms with van der Waals surface area (Å²) in [5, 5.41) is 0. The Balaban J connectivity index is 1.35. The van der Waals surface area contributed by atoms with E-state index in [0.717, 1.165) is 39.9 Å². The lowest BCUT2D eigenvalue weighted by molar-refractivity contribution is -0.134. The second-order valence-electron chi connectivity index (χ2n) is 8.41. The smallest absolute Gasteiger partial charge is 0.227 e. The molecule has 0 aliphatic carbocycles. The molecule has 1 unspecified atom stereocenters. The third-order valence-corrected chi connectivity index (χ3v) is 6.20. The monoisotopic (exact) mass is 441 g/mol. The molecule has 0 saturated carbocycles. The molecule has 0 bridgehead atoms. The van der Waals surface area contributed by atoms with Gasteiger partial charge in [-0.25, -0.2) is 4.99 Å². The van der Waals surface area contributed by atoms with Crippen molar-refractivity contribution in [3.05, 3.63) is 83.9 Å². The van der Waals surface area contributed by atoms with Gasteiger partial charge < -0.3 is 19.3 Å². The standard InChI is InChI=1S/C27H27N3O3/c1-19-18-29(15-16-30(19)26(31)17-20-11-13-21(32-2)14-12-20)27-22-7-3-5-9-24(22)33-25-10-6-4-8-23(25)28-27/h3-14,19H,15-18H2,1-2H3. The van der Waals surface area contributed by atoms with Crippen LogP contribution in [0.25, 0.3) is 0 Å². The van der Waals surface area contributed by atoms with Gasteiger partial charge in [-0.3, -0.25) is 4.79 Å². The van der Waals surface area contributed by atoms with Crippen LogP contribution in [-0.2, 0) is 11.2 Å². The molecule has 168 valence electrons. The summed E-state index contributed by atoms with van der Waals surface area (Å²) in [4.78, 5) is 22.3. The zero-order chi connectivity index (χ0) is 22.8. The lowest BCUT2D eigenvalue weighted by Gasteiger charge is -2.41. The molecule has 0 N–H and O–H groups in total. The molecule has 1 saturated heterocycles. The summed E-state index contributed by atoms with van der Waals surface area (Å²) in [6.07, 6.45) is 0.388. The number of methoxy groups -OCH3 is 1. The van der Waals surface area contributed by atoms with Crippen molar-refractivity contribution in [3.8, 4) is 17.2 Å². The number of para-hydroxylation sites is 3. The average Bonchev–Trinajstić information content (AvgIpc) is 3.01. The Morgan fingerprint density at radius 2 is 1.73 bits per heavy atom. The highest BCUT2D eigenvalue weighted by Crippen LogP contribution is 2.38. The maximum atomic E-state index is 13.1. The molecule has 5 rings (SSSR count). The summed E-state index contributed by atoms with van der Waals surface area (Å²) in [5.41, 5.74) is 2.78. The first-order chi connectivity index (χ1) is 16.1. The topological polar surface area (TPSA) is 54.4 Å². The van der Waals surface area contributed by atoms with E-state index < -0.39 is 0 Å². The van der Waals surface area contributed by atoms with E-state index in [1.807, 2.05) is 77.7 Å². The Labute approximate surface area is 194 Å². The van der Waals surface area contributed by atoms with Crippen molar-refractivity contribution < 1.29 is 14.3 Å². The number of aliphatic imine (C=N–C) groups is 1. The third-order valence-electron chi connectivity index (χ3n) is 6.20. The van der Waals surface area contributed by atoms with Gasteiger partial charge in [0.1, 0.15) is 23.0 Å². The molecule has 0 spiro atoms. The molecule has 2 aliphatic rings. The van der Waals surface area contributed by atoms with Crippen molar-refractivity contribution in [2.24, 2.45) is 4.99 Å². The molecule has 6 nitrogen and oxygen atoms in total. The Kier molecular flexibility index (Phi) is 5.73. The zero-order valence-electron chi connectivity index (χ0n) is 18.9. The van der Waals surface area contributed by atoms with E-state index in [0.29, 0.717) is 26.1 Å². The van der Waals surface area contributed by atoms with Crippen LogP contribution in [-0.4, -0.2) is 54.3 Å². The van der Waals surface area contributed by atoms with Gasteiger partial charge in [-0.05, 0) is 48.9 Å². The van der Waals surface area contributed by atoms with Gasteiger partial charge in [0, 0.05) is 25.7 Å². The fourth-order valence-electron chi connectivity index (χ4n) is 4.45.